The number of amides is 2. The predicted molar refractivity (Wildman–Crippen MR) is 133 cm³/mol. The van der Waals surface area contributed by atoms with Crippen LogP contribution in [0.4, 0.5) is 4.79 Å². The average molecular weight is 499 g/mol. The molecule has 0 saturated carbocycles. The van der Waals surface area contributed by atoms with Crippen molar-refractivity contribution in [2.24, 2.45) is 0 Å². The molecule has 0 radical (unpaired) electrons. The van der Waals surface area contributed by atoms with E-state index in [0.29, 0.717) is 12.8 Å². The van der Waals surface area contributed by atoms with Crippen LogP contribution in [-0.4, -0.2) is 76.4 Å². The van der Waals surface area contributed by atoms with Crippen LogP contribution in [0.3, 0.4) is 0 Å². The second-order valence-electron chi connectivity index (χ2n) is 8.95. The topological polar surface area (TPSA) is 116 Å². The van der Waals surface area contributed by atoms with E-state index in [2.05, 4.69) is 29.6 Å². The van der Waals surface area contributed by atoms with Gasteiger partial charge in [-0.1, -0.05) is 48.5 Å². The predicted octanol–water partition coefficient (Wildman–Crippen LogP) is 3.09. The molecule has 2 aromatic rings. The monoisotopic (exact) mass is 498 g/mol. The van der Waals surface area contributed by atoms with E-state index in [1.54, 1.807) is 11.8 Å². The third kappa shape index (κ3) is 5.79. The molecule has 1 heterocycles. The molecule has 0 spiro atoms. The summed E-state index contributed by atoms with van der Waals surface area (Å²) in [5.41, 5.74) is 3.72. The maximum absolute atomic E-state index is 13.0. The van der Waals surface area contributed by atoms with Crippen LogP contribution in [0.1, 0.15) is 36.3 Å². The van der Waals surface area contributed by atoms with Gasteiger partial charge in [0.15, 0.2) is 0 Å². The number of rotatable bonds is 9. The van der Waals surface area contributed by atoms with Crippen molar-refractivity contribution < 1.29 is 29.3 Å². The molecule has 4 rings (SSSR count). The summed E-state index contributed by atoms with van der Waals surface area (Å²) in [4.78, 5) is 38.1. The number of alkyl carbamates (subject to hydrolysis) is 1. The fourth-order valence-electron chi connectivity index (χ4n) is 4.94. The highest BCUT2D eigenvalue weighted by Gasteiger charge is 2.38. The lowest BCUT2D eigenvalue weighted by atomic mass is 9.88. The number of thioether (sulfide) groups is 1. The third-order valence-corrected chi connectivity index (χ3v) is 7.68. The van der Waals surface area contributed by atoms with Crippen molar-refractivity contribution in [3.05, 3.63) is 59.7 Å². The van der Waals surface area contributed by atoms with Gasteiger partial charge in [-0.3, -0.25) is 9.59 Å². The first kappa shape index (κ1) is 25.1. The van der Waals surface area contributed by atoms with Gasteiger partial charge < -0.3 is 25.2 Å². The van der Waals surface area contributed by atoms with Gasteiger partial charge in [0.25, 0.3) is 0 Å². The van der Waals surface area contributed by atoms with Crippen LogP contribution in [0, 0.1) is 0 Å². The van der Waals surface area contributed by atoms with Crippen LogP contribution in [-0.2, 0) is 14.3 Å². The lowest BCUT2D eigenvalue weighted by Gasteiger charge is -2.38. The summed E-state index contributed by atoms with van der Waals surface area (Å²) in [6.07, 6.45) is 0.533. The molecule has 2 amide bonds. The van der Waals surface area contributed by atoms with Crippen molar-refractivity contribution >= 4 is 29.7 Å². The summed E-state index contributed by atoms with van der Waals surface area (Å²) in [5, 5.41) is 21.3. The fourth-order valence-corrected chi connectivity index (χ4v) is 6.21. The first-order valence-corrected chi connectivity index (χ1v) is 12.9. The molecule has 3 N–H and O–H groups in total. The SMILES string of the molecule is O=C(O)CN(CCO)C(=O)CC1(NC(=O)OCC2c3ccccc3-c3ccccc32)CCSCC1. The number of hydrogen-bond acceptors (Lipinski definition) is 6. The minimum absolute atomic E-state index is 0.0367. The number of aliphatic carboxylic acids is 1. The first-order valence-electron chi connectivity index (χ1n) is 11.7. The largest absolute Gasteiger partial charge is 0.480 e. The number of aliphatic hydroxyl groups excluding tert-OH is 1. The Bertz CT molecular complexity index is 1040. The van der Waals surface area contributed by atoms with Crippen molar-refractivity contribution in [3.63, 3.8) is 0 Å². The Morgan fingerprint density at radius 3 is 2.20 bits per heavy atom. The Morgan fingerprint density at radius 2 is 1.63 bits per heavy atom. The number of nitrogens with zero attached hydrogens (tertiary/aromatic N) is 1. The van der Waals surface area contributed by atoms with E-state index in [-0.39, 0.29) is 32.1 Å². The minimum Gasteiger partial charge on any atom is -0.480 e. The number of hydrogen-bond donors (Lipinski definition) is 3. The molecular formula is C26H30N2O6S. The van der Waals surface area contributed by atoms with Crippen LogP contribution in [0.25, 0.3) is 11.1 Å². The minimum atomic E-state index is -1.15. The number of ether oxygens (including phenoxy) is 1. The van der Waals surface area contributed by atoms with Crippen LogP contribution in [0.5, 0.6) is 0 Å². The highest BCUT2D eigenvalue weighted by Crippen LogP contribution is 2.44. The van der Waals surface area contributed by atoms with Crippen molar-refractivity contribution in [1.82, 2.24) is 10.2 Å². The zero-order valence-corrected chi connectivity index (χ0v) is 20.3. The molecule has 35 heavy (non-hydrogen) atoms. The second-order valence-corrected chi connectivity index (χ2v) is 10.2. The smallest absolute Gasteiger partial charge is 0.407 e. The Labute approximate surface area is 208 Å². The van der Waals surface area contributed by atoms with Gasteiger partial charge in [-0.15, -0.1) is 0 Å². The van der Waals surface area contributed by atoms with Crippen molar-refractivity contribution in [2.45, 2.75) is 30.7 Å². The van der Waals surface area contributed by atoms with Crippen molar-refractivity contribution in [2.75, 3.05) is 37.8 Å². The zero-order chi connectivity index (χ0) is 24.8. The summed E-state index contributed by atoms with van der Waals surface area (Å²) in [6.45, 7) is -0.716. The van der Waals surface area contributed by atoms with Gasteiger partial charge in [0.1, 0.15) is 13.2 Å². The van der Waals surface area contributed by atoms with Gasteiger partial charge in [0.2, 0.25) is 5.91 Å². The van der Waals surface area contributed by atoms with Crippen LogP contribution < -0.4 is 5.32 Å². The van der Waals surface area contributed by atoms with Crippen LogP contribution in [0.2, 0.25) is 0 Å². The summed E-state index contributed by atoms with van der Waals surface area (Å²) >= 11 is 1.75. The molecule has 1 saturated heterocycles. The number of carboxylic acids is 1. The molecule has 9 heteroatoms. The Kier molecular flexibility index (Phi) is 7.97. The molecule has 2 aromatic carbocycles. The number of fused-ring (bicyclic) bond motifs is 3. The van der Waals surface area contributed by atoms with E-state index in [9.17, 15) is 19.5 Å². The maximum atomic E-state index is 13.0. The number of carboxylic acid groups (broad SMARTS) is 1. The quantitative estimate of drug-likeness (QED) is 0.487. The number of nitrogens with one attached hydrogen (secondary N) is 1. The van der Waals surface area contributed by atoms with Gasteiger partial charge in [-0.05, 0) is 46.6 Å². The molecule has 1 aliphatic carbocycles. The third-order valence-electron chi connectivity index (χ3n) is 6.70. The van der Waals surface area contributed by atoms with Crippen LogP contribution >= 0.6 is 11.8 Å². The lowest BCUT2D eigenvalue weighted by molar-refractivity contribution is -0.145. The molecule has 186 valence electrons. The first-order chi connectivity index (χ1) is 16.9. The second kappa shape index (κ2) is 11.1. The van der Waals surface area contributed by atoms with E-state index in [4.69, 9.17) is 9.84 Å². The van der Waals surface area contributed by atoms with E-state index < -0.39 is 30.1 Å². The Hall–Kier alpha value is -3.04. The molecular weight excluding hydrogens is 468 g/mol. The van der Waals surface area contributed by atoms with Gasteiger partial charge in [0, 0.05) is 12.5 Å². The summed E-state index contributed by atoms with van der Waals surface area (Å²) in [5.74, 6) is -0.0776. The van der Waals surface area contributed by atoms with E-state index in [1.807, 2.05) is 24.3 Å². The Morgan fingerprint density at radius 1 is 1.03 bits per heavy atom. The van der Waals surface area contributed by atoms with Gasteiger partial charge in [-0.2, -0.15) is 11.8 Å². The normalized spacial score (nSPS) is 16.1. The van der Waals surface area contributed by atoms with E-state index >= 15 is 0 Å². The standard InChI is InChI=1S/C26H30N2O6S/c29-12-11-28(16-24(31)32)23(30)15-26(9-13-35-14-10-26)27-25(33)34-17-22-20-7-3-1-5-18(20)19-6-2-4-8-21(19)22/h1-8,22,29H,9-17H2,(H,27,33)(H,31,32). The highest BCUT2D eigenvalue weighted by atomic mass is 32.2. The molecule has 0 aromatic heterocycles. The van der Waals surface area contributed by atoms with Gasteiger partial charge in [0.05, 0.1) is 18.6 Å². The van der Waals surface area contributed by atoms with Crippen molar-refractivity contribution in [3.8, 4) is 11.1 Å². The summed E-state index contributed by atoms with van der Waals surface area (Å²) < 4.78 is 5.71. The number of aliphatic hydroxyl groups is 1. The average Bonchev–Trinajstić information content (AvgIpc) is 3.16. The van der Waals surface area contributed by atoms with E-state index in [0.717, 1.165) is 38.7 Å². The number of benzene rings is 2. The maximum Gasteiger partial charge on any atom is 0.407 e. The van der Waals surface area contributed by atoms with Crippen molar-refractivity contribution in [1.29, 1.82) is 0 Å². The molecule has 0 atom stereocenters. The number of carbonyl (C=O) groups excluding carboxylic acids is 2. The molecule has 0 bridgehead atoms. The molecule has 2 aliphatic rings. The fraction of sp³-hybridized carbons (Fsp3) is 0.423. The summed E-state index contributed by atoms with van der Waals surface area (Å²) in [7, 11) is 0. The lowest BCUT2D eigenvalue weighted by Crippen LogP contribution is -2.54. The van der Waals surface area contributed by atoms with Gasteiger partial charge in [-0.25, -0.2) is 4.79 Å². The number of carbonyl (C=O) groups is 3. The summed E-state index contributed by atoms with van der Waals surface area (Å²) in [6, 6.07) is 16.2. The molecule has 1 fully saturated rings. The zero-order valence-electron chi connectivity index (χ0n) is 19.4. The molecule has 1 aliphatic heterocycles. The highest BCUT2D eigenvalue weighted by molar-refractivity contribution is 7.99. The molecule has 8 nitrogen and oxygen atoms in total. The van der Waals surface area contributed by atoms with Gasteiger partial charge >= 0.3 is 12.1 Å². The van der Waals surface area contributed by atoms with Crippen LogP contribution in [0.15, 0.2) is 48.5 Å². The van der Waals surface area contributed by atoms with E-state index in [1.165, 1.54) is 0 Å². The Balaban J connectivity index is 1.44. The molecule has 0 unspecified atom stereocenters.